The van der Waals surface area contributed by atoms with Gasteiger partial charge in [0.05, 0.1) is 19.0 Å². The van der Waals surface area contributed by atoms with Gasteiger partial charge in [-0.05, 0) is 53.9 Å². The number of benzene rings is 3. The van der Waals surface area contributed by atoms with Gasteiger partial charge in [-0.2, -0.15) is 5.10 Å². The van der Waals surface area contributed by atoms with Crippen LogP contribution in [0.2, 0.25) is 0 Å². The Kier molecular flexibility index (Phi) is 10.0. The van der Waals surface area contributed by atoms with Gasteiger partial charge in [-0.25, -0.2) is 5.43 Å². The van der Waals surface area contributed by atoms with Gasteiger partial charge in [0.25, 0.3) is 5.91 Å². The highest BCUT2D eigenvalue weighted by molar-refractivity contribution is 5.97. The highest BCUT2D eigenvalue weighted by Crippen LogP contribution is 2.22. The van der Waals surface area contributed by atoms with Crippen molar-refractivity contribution in [2.45, 2.75) is 12.8 Å². The predicted molar refractivity (Wildman–Crippen MR) is 137 cm³/mol. The van der Waals surface area contributed by atoms with Gasteiger partial charge in [-0.15, -0.1) is 0 Å². The first-order valence-electron chi connectivity index (χ1n) is 11.3. The van der Waals surface area contributed by atoms with E-state index >= 15 is 0 Å². The first kappa shape index (κ1) is 26.0. The maximum Gasteiger partial charge on any atom is 0.262 e. The summed E-state index contributed by atoms with van der Waals surface area (Å²) >= 11 is 0. The van der Waals surface area contributed by atoms with E-state index in [9.17, 15) is 14.4 Å². The number of hydrazone groups is 1. The summed E-state index contributed by atoms with van der Waals surface area (Å²) < 4.78 is 10.7. The monoisotopic (exact) mass is 488 g/mol. The maximum atomic E-state index is 12.1. The first-order valence-corrected chi connectivity index (χ1v) is 11.3. The molecule has 3 N–H and O–H groups in total. The van der Waals surface area contributed by atoms with Gasteiger partial charge in [-0.3, -0.25) is 14.4 Å². The van der Waals surface area contributed by atoms with E-state index in [1.165, 1.54) is 13.3 Å². The number of hydrogen-bond acceptors (Lipinski definition) is 6. The lowest BCUT2D eigenvalue weighted by atomic mass is 10.1. The Balaban J connectivity index is 1.35. The molecule has 0 unspecified atom stereocenters. The van der Waals surface area contributed by atoms with Crippen molar-refractivity contribution in [2.24, 2.45) is 5.10 Å². The minimum Gasteiger partial charge on any atom is -0.495 e. The average molecular weight is 489 g/mol. The van der Waals surface area contributed by atoms with Gasteiger partial charge in [0.1, 0.15) is 17.9 Å². The molecule has 0 aliphatic rings. The first-order chi connectivity index (χ1) is 17.5. The van der Waals surface area contributed by atoms with Crippen LogP contribution in [0.1, 0.15) is 17.5 Å². The Bertz CT molecular complexity index is 1180. The molecule has 9 nitrogen and oxygen atoms in total. The van der Waals surface area contributed by atoms with Crippen LogP contribution in [0.3, 0.4) is 0 Å². The van der Waals surface area contributed by atoms with Crippen molar-refractivity contribution in [3.8, 4) is 11.5 Å². The number of ether oxygens (including phenoxy) is 2. The van der Waals surface area contributed by atoms with Crippen molar-refractivity contribution in [3.05, 3.63) is 90.0 Å². The molecule has 0 aliphatic heterocycles. The van der Waals surface area contributed by atoms with Gasteiger partial charge >= 0.3 is 0 Å². The fourth-order valence-electron chi connectivity index (χ4n) is 3.15. The van der Waals surface area contributed by atoms with Gasteiger partial charge < -0.3 is 20.1 Å². The Morgan fingerprint density at radius 2 is 1.58 bits per heavy atom. The fraction of sp³-hybridized carbons (Fsp3) is 0.185. The molecule has 36 heavy (non-hydrogen) atoms. The van der Waals surface area contributed by atoms with Crippen LogP contribution in [0.25, 0.3) is 0 Å². The molecule has 0 aromatic heterocycles. The summed E-state index contributed by atoms with van der Waals surface area (Å²) in [7, 11) is 1.53. The van der Waals surface area contributed by atoms with Gasteiger partial charge in [0.15, 0.2) is 6.61 Å². The Morgan fingerprint density at radius 3 is 2.33 bits per heavy atom. The third kappa shape index (κ3) is 8.94. The molecule has 3 rings (SSSR count). The van der Waals surface area contributed by atoms with Crippen molar-refractivity contribution in [1.82, 2.24) is 10.7 Å². The summed E-state index contributed by atoms with van der Waals surface area (Å²) in [5.74, 6) is -0.139. The maximum absolute atomic E-state index is 12.1. The van der Waals surface area contributed by atoms with E-state index in [1.54, 1.807) is 42.5 Å². The molecule has 0 spiro atoms. The minimum absolute atomic E-state index is 0.172. The molecule has 0 saturated carbocycles. The molecule has 0 bridgehead atoms. The minimum atomic E-state index is -0.510. The number of hydrogen-bond donors (Lipinski definition) is 3. The van der Waals surface area contributed by atoms with Crippen LogP contribution in [-0.4, -0.2) is 44.2 Å². The van der Waals surface area contributed by atoms with Crippen LogP contribution in [0.5, 0.6) is 11.5 Å². The molecule has 0 radical (unpaired) electrons. The smallest absolute Gasteiger partial charge is 0.262 e. The zero-order valence-electron chi connectivity index (χ0n) is 19.9. The predicted octanol–water partition coefficient (Wildman–Crippen LogP) is 2.91. The van der Waals surface area contributed by atoms with Gasteiger partial charge in [-0.1, -0.05) is 42.5 Å². The van der Waals surface area contributed by atoms with Crippen molar-refractivity contribution >= 4 is 29.6 Å². The van der Waals surface area contributed by atoms with Gasteiger partial charge in [0, 0.05) is 6.54 Å². The quantitative estimate of drug-likeness (QED) is 0.206. The number of carbonyl (C=O) groups excluding carboxylic acids is 3. The molecule has 3 aromatic carbocycles. The standard InChI is InChI=1S/C27H28N4O5/c1-35-24-10-6-5-9-23(24)30-27(34)19-36-22-13-11-21(12-14-22)18-29-31-26(33)17-25(32)28-16-15-20-7-3-2-4-8-20/h2-14,18H,15-17,19H2,1H3,(H,28,32)(H,30,34)(H,31,33)/b29-18+. The molecule has 0 heterocycles. The molecular weight excluding hydrogens is 460 g/mol. The molecular formula is C27H28N4O5. The van der Waals surface area contributed by atoms with Crippen LogP contribution >= 0.6 is 0 Å². The highest BCUT2D eigenvalue weighted by atomic mass is 16.5. The van der Waals surface area contributed by atoms with E-state index in [1.807, 2.05) is 36.4 Å². The summed E-state index contributed by atoms with van der Waals surface area (Å²) in [5.41, 5.74) is 4.71. The summed E-state index contributed by atoms with van der Waals surface area (Å²) in [6.07, 6.45) is 1.83. The Hall–Kier alpha value is -4.66. The van der Waals surface area contributed by atoms with Crippen molar-refractivity contribution in [1.29, 1.82) is 0 Å². The van der Waals surface area contributed by atoms with Crippen molar-refractivity contribution in [2.75, 3.05) is 25.6 Å². The number of nitrogens with one attached hydrogen (secondary N) is 3. The third-order valence-corrected chi connectivity index (χ3v) is 4.93. The lowest BCUT2D eigenvalue weighted by molar-refractivity contribution is -0.129. The van der Waals surface area contributed by atoms with Crippen LogP contribution in [-0.2, 0) is 20.8 Å². The van der Waals surface area contributed by atoms with E-state index in [0.717, 1.165) is 5.56 Å². The lowest BCUT2D eigenvalue weighted by Crippen LogP contribution is -2.31. The van der Waals surface area contributed by atoms with E-state index in [2.05, 4.69) is 21.2 Å². The summed E-state index contributed by atoms with van der Waals surface area (Å²) in [5, 5.41) is 9.32. The van der Waals surface area contributed by atoms with E-state index in [-0.39, 0.29) is 24.8 Å². The van der Waals surface area contributed by atoms with Crippen LogP contribution in [0.4, 0.5) is 5.69 Å². The molecule has 0 aliphatic carbocycles. The van der Waals surface area contributed by atoms with Crippen LogP contribution in [0, 0.1) is 0 Å². The molecule has 3 aromatic rings. The summed E-state index contributed by atoms with van der Waals surface area (Å²) in [6, 6.07) is 23.7. The Morgan fingerprint density at radius 1 is 0.861 bits per heavy atom. The van der Waals surface area contributed by atoms with E-state index < -0.39 is 5.91 Å². The molecule has 0 fully saturated rings. The van der Waals surface area contributed by atoms with Crippen LogP contribution in [0.15, 0.2) is 84.0 Å². The van der Waals surface area contributed by atoms with Crippen molar-refractivity contribution < 1.29 is 23.9 Å². The second-order valence-electron chi connectivity index (χ2n) is 7.66. The molecule has 0 saturated heterocycles. The van der Waals surface area contributed by atoms with Crippen LogP contribution < -0.4 is 25.5 Å². The zero-order chi connectivity index (χ0) is 25.6. The van der Waals surface area contributed by atoms with Gasteiger partial charge in [0.2, 0.25) is 11.8 Å². The average Bonchev–Trinajstić information content (AvgIpc) is 2.89. The van der Waals surface area contributed by atoms with E-state index in [0.29, 0.717) is 35.7 Å². The summed E-state index contributed by atoms with van der Waals surface area (Å²) in [4.78, 5) is 35.9. The molecule has 3 amide bonds. The number of rotatable bonds is 12. The third-order valence-electron chi connectivity index (χ3n) is 4.93. The number of amides is 3. The SMILES string of the molecule is COc1ccccc1NC(=O)COc1ccc(/C=N/NC(=O)CC(=O)NCCc2ccccc2)cc1. The fourth-order valence-corrected chi connectivity index (χ4v) is 3.15. The number of nitrogens with zero attached hydrogens (tertiary/aromatic N) is 1. The second-order valence-corrected chi connectivity index (χ2v) is 7.66. The number of methoxy groups -OCH3 is 1. The molecule has 0 atom stereocenters. The second kappa shape index (κ2) is 13.9. The zero-order valence-corrected chi connectivity index (χ0v) is 19.9. The highest BCUT2D eigenvalue weighted by Gasteiger charge is 2.09. The molecule has 186 valence electrons. The number of anilines is 1. The molecule has 9 heteroatoms. The number of carbonyl (C=O) groups is 3. The normalized spacial score (nSPS) is 10.5. The number of para-hydroxylation sites is 2. The van der Waals surface area contributed by atoms with E-state index in [4.69, 9.17) is 9.47 Å². The van der Waals surface area contributed by atoms with Crippen molar-refractivity contribution in [3.63, 3.8) is 0 Å². The topological polar surface area (TPSA) is 118 Å². The largest absolute Gasteiger partial charge is 0.495 e. The Labute approximate surface area is 209 Å². The summed E-state index contributed by atoms with van der Waals surface area (Å²) in [6.45, 7) is 0.283. The lowest BCUT2D eigenvalue weighted by Gasteiger charge is -2.10.